The van der Waals surface area contributed by atoms with Gasteiger partial charge in [-0.3, -0.25) is 0 Å². The number of benzene rings is 2. The number of aryl methyl sites for hydroxylation is 1. The molecule has 1 aliphatic carbocycles. The lowest BCUT2D eigenvalue weighted by Crippen LogP contribution is -1.93. The van der Waals surface area contributed by atoms with Gasteiger partial charge in [0.05, 0.1) is 5.71 Å². The van der Waals surface area contributed by atoms with E-state index in [1.165, 1.54) is 16.7 Å². The predicted octanol–water partition coefficient (Wildman–Crippen LogP) is 3.48. The van der Waals surface area contributed by atoms with Crippen LogP contribution in [0.2, 0.25) is 0 Å². The van der Waals surface area contributed by atoms with Crippen LogP contribution in [0.1, 0.15) is 17.5 Å². The number of fused-ring (bicyclic) bond motifs is 1. The molecule has 0 saturated heterocycles. The molecular formula is C15H13NO. The van der Waals surface area contributed by atoms with Crippen LogP contribution in [0.5, 0.6) is 0 Å². The summed E-state index contributed by atoms with van der Waals surface area (Å²) in [5.41, 5.74) is 5.62. The van der Waals surface area contributed by atoms with E-state index >= 15 is 0 Å². The number of nitrogens with zero attached hydrogens (tertiary/aromatic N) is 1. The third kappa shape index (κ3) is 1.72. The van der Waals surface area contributed by atoms with Gasteiger partial charge in [-0.05, 0) is 29.5 Å². The summed E-state index contributed by atoms with van der Waals surface area (Å²) < 4.78 is 0. The minimum Gasteiger partial charge on any atom is -0.411 e. The Kier molecular flexibility index (Phi) is 2.41. The van der Waals surface area contributed by atoms with E-state index in [9.17, 15) is 0 Å². The topological polar surface area (TPSA) is 32.6 Å². The maximum atomic E-state index is 8.89. The van der Waals surface area contributed by atoms with E-state index in [1.54, 1.807) is 0 Å². The summed E-state index contributed by atoms with van der Waals surface area (Å²) in [5.74, 6) is 0. The fraction of sp³-hybridized carbons (Fsp3) is 0.133. The van der Waals surface area contributed by atoms with E-state index in [4.69, 9.17) is 5.21 Å². The van der Waals surface area contributed by atoms with Gasteiger partial charge in [0.2, 0.25) is 0 Å². The van der Waals surface area contributed by atoms with Gasteiger partial charge in [0, 0.05) is 5.56 Å². The smallest absolute Gasteiger partial charge is 0.0873 e. The molecule has 0 aliphatic heterocycles. The zero-order valence-corrected chi connectivity index (χ0v) is 9.43. The molecular weight excluding hydrogens is 210 g/mol. The van der Waals surface area contributed by atoms with Crippen molar-refractivity contribution in [1.29, 1.82) is 0 Å². The second kappa shape index (κ2) is 4.06. The highest BCUT2D eigenvalue weighted by Crippen LogP contribution is 2.28. The van der Waals surface area contributed by atoms with Gasteiger partial charge in [0.1, 0.15) is 0 Å². The second-order valence-electron chi connectivity index (χ2n) is 4.28. The van der Waals surface area contributed by atoms with Gasteiger partial charge in [-0.15, -0.1) is 0 Å². The van der Waals surface area contributed by atoms with Crippen molar-refractivity contribution in [3.63, 3.8) is 0 Å². The molecule has 0 amide bonds. The molecule has 3 rings (SSSR count). The SMILES string of the molecule is ON=C1CCc2cc(-c3ccccc3)ccc21. The minimum atomic E-state index is 0.805. The fourth-order valence-electron chi connectivity index (χ4n) is 2.38. The molecule has 0 unspecified atom stereocenters. The zero-order valence-electron chi connectivity index (χ0n) is 9.43. The van der Waals surface area contributed by atoms with Crippen LogP contribution in [-0.2, 0) is 6.42 Å². The first kappa shape index (κ1) is 10.1. The molecule has 0 fully saturated rings. The van der Waals surface area contributed by atoms with Crippen LogP contribution in [0.3, 0.4) is 0 Å². The molecule has 0 radical (unpaired) electrons. The highest BCUT2D eigenvalue weighted by molar-refractivity contribution is 6.04. The first-order valence-corrected chi connectivity index (χ1v) is 5.78. The van der Waals surface area contributed by atoms with Crippen molar-refractivity contribution in [2.24, 2.45) is 5.16 Å². The Hall–Kier alpha value is -2.09. The van der Waals surface area contributed by atoms with Crippen LogP contribution < -0.4 is 0 Å². The average Bonchev–Trinajstić information content (AvgIpc) is 2.81. The number of rotatable bonds is 1. The lowest BCUT2D eigenvalue weighted by atomic mass is 10.0. The van der Waals surface area contributed by atoms with Crippen molar-refractivity contribution in [3.8, 4) is 11.1 Å². The molecule has 17 heavy (non-hydrogen) atoms. The quantitative estimate of drug-likeness (QED) is 0.582. The first-order valence-electron chi connectivity index (χ1n) is 5.78. The first-order chi connectivity index (χ1) is 8.38. The van der Waals surface area contributed by atoms with Crippen LogP contribution >= 0.6 is 0 Å². The summed E-state index contributed by atoms with van der Waals surface area (Å²) in [6, 6.07) is 16.7. The molecule has 0 heterocycles. The Bertz CT molecular complexity index is 573. The van der Waals surface area contributed by atoms with Crippen LogP contribution in [0.15, 0.2) is 53.7 Å². The highest BCUT2D eigenvalue weighted by atomic mass is 16.4. The predicted molar refractivity (Wildman–Crippen MR) is 68.5 cm³/mol. The summed E-state index contributed by atoms with van der Waals surface area (Å²) in [6.07, 6.45) is 1.81. The van der Waals surface area contributed by atoms with Gasteiger partial charge in [-0.25, -0.2) is 0 Å². The fourth-order valence-corrected chi connectivity index (χ4v) is 2.38. The van der Waals surface area contributed by atoms with E-state index < -0.39 is 0 Å². The minimum absolute atomic E-state index is 0.805. The Labute approximate surface area is 100 Å². The molecule has 1 N–H and O–H groups in total. The maximum absolute atomic E-state index is 8.89. The van der Waals surface area contributed by atoms with Gasteiger partial charge in [-0.1, -0.05) is 53.7 Å². The Morgan fingerprint density at radius 3 is 2.47 bits per heavy atom. The van der Waals surface area contributed by atoms with E-state index in [2.05, 4.69) is 35.5 Å². The molecule has 0 saturated carbocycles. The Morgan fingerprint density at radius 1 is 0.882 bits per heavy atom. The molecule has 2 aromatic carbocycles. The number of hydrogen-bond donors (Lipinski definition) is 1. The van der Waals surface area contributed by atoms with Gasteiger partial charge in [-0.2, -0.15) is 0 Å². The summed E-state index contributed by atoms with van der Waals surface area (Å²) in [5, 5.41) is 12.2. The van der Waals surface area contributed by atoms with Crippen LogP contribution in [-0.4, -0.2) is 10.9 Å². The average molecular weight is 223 g/mol. The number of oxime groups is 1. The van der Waals surface area contributed by atoms with Crippen molar-refractivity contribution < 1.29 is 5.21 Å². The molecule has 0 atom stereocenters. The molecule has 0 spiro atoms. The van der Waals surface area contributed by atoms with Crippen molar-refractivity contribution in [2.45, 2.75) is 12.8 Å². The monoisotopic (exact) mass is 223 g/mol. The molecule has 2 heteroatoms. The van der Waals surface area contributed by atoms with Gasteiger partial charge in [0.25, 0.3) is 0 Å². The normalized spacial score (nSPS) is 16.1. The lowest BCUT2D eigenvalue weighted by molar-refractivity contribution is 0.318. The van der Waals surface area contributed by atoms with Crippen LogP contribution in [0, 0.1) is 0 Å². The summed E-state index contributed by atoms with van der Waals surface area (Å²) in [4.78, 5) is 0. The van der Waals surface area contributed by atoms with Gasteiger partial charge < -0.3 is 5.21 Å². The standard InChI is InChI=1S/C15H13NO/c17-16-15-9-7-13-10-12(6-8-14(13)15)11-4-2-1-3-5-11/h1-6,8,10,17H,7,9H2. The zero-order chi connectivity index (χ0) is 11.7. The molecule has 0 aromatic heterocycles. The summed E-state index contributed by atoms with van der Waals surface area (Å²) in [7, 11) is 0. The molecule has 2 nitrogen and oxygen atoms in total. The molecule has 84 valence electrons. The lowest BCUT2D eigenvalue weighted by Gasteiger charge is -2.04. The van der Waals surface area contributed by atoms with E-state index in [0.29, 0.717) is 0 Å². The largest absolute Gasteiger partial charge is 0.411 e. The summed E-state index contributed by atoms with van der Waals surface area (Å²) >= 11 is 0. The maximum Gasteiger partial charge on any atom is 0.0873 e. The highest BCUT2D eigenvalue weighted by Gasteiger charge is 2.18. The van der Waals surface area contributed by atoms with Gasteiger partial charge >= 0.3 is 0 Å². The van der Waals surface area contributed by atoms with Crippen molar-refractivity contribution in [3.05, 3.63) is 59.7 Å². The van der Waals surface area contributed by atoms with Crippen LogP contribution in [0.25, 0.3) is 11.1 Å². The van der Waals surface area contributed by atoms with E-state index in [1.807, 2.05) is 18.2 Å². The van der Waals surface area contributed by atoms with Crippen molar-refractivity contribution >= 4 is 5.71 Å². The Morgan fingerprint density at radius 2 is 1.71 bits per heavy atom. The van der Waals surface area contributed by atoms with E-state index in [0.717, 1.165) is 24.1 Å². The third-order valence-corrected chi connectivity index (χ3v) is 3.28. The molecule has 1 aliphatic rings. The van der Waals surface area contributed by atoms with Crippen LogP contribution in [0.4, 0.5) is 0 Å². The molecule has 2 aromatic rings. The van der Waals surface area contributed by atoms with Gasteiger partial charge in [0.15, 0.2) is 0 Å². The molecule has 0 bridgehead atoms. The van der Waals surface area contributed by atoms with E-state index in [-0.39, 0.29) is 0 Å². The van der Waals surface area contributed by atoms with Crippen molar-refractivity contribution in [1.82, 2.24) is 0 Å². The second-order valence-corrected chi connectivity index (χ2v) is 4.28. The van der Waals surface area contributed by atoms with Crippen molar-refractivity contribution in [2.75, 3.05) is 0 Å². The number of hydrogen-bond acceptors (Lipinski definition) is 2. The Balaban J connectivity index is 2.07. The third-order valence-electron chi connectivity index (χ3n) is 3.28. The summed E-state index contributed by atoms with van der Waals surface area (Å²) in [6.45, 7) is 0.